The Balaban J connectivity index is 1.63. The number of halogens is 3. The van der Waals surface area contributed by atoms with E-state index in [1.54, 1.807) is 6.07 Å². The summed E-state index contributed by atoms with van der Waals surface area (Å²) in [5.41, 5.74) is 1.43. The normalized spacial score (nSPS) is 13.3. The molecule has 1 atom stereocenters. The molecule has 3 rings (SSSR count). The fourth-order valence-corrected chi connectivity index (χ4v) is 3.48. The van der Waals surface area contributed by atoms with Gasteiger partial charge in [-0.25, -0.2) is 0 Å². The van der Waals surface area contributed by atoms with Crippen molar-refractivity contribution in [3.8, 4) is 0 Å². The first-order valence-electron chi connectivity index (χ1n) is 9.20. The molecule has 0 amide bonds. The van der Waals surface area contributed by atoms with Gasteiger partial charge in [-0.1, -0.05) is 60.7 Å². The van der Waals surface area contributed by atoms with Crippen LogP contribution in [0, 0.1) is 0 Å². The van der Waals surface area contributed by atoms with Crippen molar-refractivity contribution in [2.45, 2.75) is 32.0 Å². The Labute approximate surface area is 158 Å². The van der Waals surface area contributed by atoms with Crippen LogP contribution in [-0.2, 0) is 12.6 Å². The van der Waals surface area contributed by atoms with Crippen LogP contribution in [0.1, 0.15) is 36.1 Å². The molecule has 0 N–H and O–H groups in total. The standard InChI is InChI=1S/C23H24F3N/c1-17(21-14-6-11-19-10-3-4-13-22(19)21)27(2)15-7-9-18-8-5-12-20(16-18)23(24,25)26/h3-6,8,10-14,16-17H,7,9,15H2,1-2H3. The number of rotatable bonds is 6. The first-order chi connectivity index (χ1) is 12.9. The van der Waals surface area contributed by atoms with Crippen LogP contribution in [0.5, 0.6) is 0 Å². The zero-order chi connectivity index (χ0) is 19.4. The van der Waals surface area contributed by atoms with Gasteiger partial charge in [-0.05, 0) is 61.3 Å². The van der Waals surface area contributed by atoms with E-state index in [9.17, 15) is 13.2 Å². The summed E-state index contributed by atoms with van der Waals surface area (Å²) in [7, 11) is 2.07. The molecule has 0 fully saturated rings. The van der Waals surface area contributed by atoms with Crippen LogP contribution in [0.3, 0.4) is 0 Å². The van der Waals surface area contributed by atoms with Crippen molar-refractivity contribution in [3.05, 3.63) is 83.4 Å². The van der Waals surface area contributed by atoms with Crippen LogP contribution < -0.4 is 0 Å². The molecule has 1 unspecified atom stereocenters. The molecular weight excluding hydrogens is 347 g/mol. The highest BCUT2D eigenvalue weighted by atomic mass is 19.4. The third kappa shape index (κ3) is 4.69. The van der Waals surface area contributed by atoms with Crippen molar-refractivity contribution in [2.75, 3.05) is 13.6 Å². The van der Waals surface area contributed by atoms with Gasteiger partial charge in [-0.3, -0.25) is 4.90 Å². The molecule has 0 heterocycles. The summed E-state index contributed by atoms with van der Waals surface area (Å²) in [5, 5.41) is 2.47. The number of nitrogens with zero attached hydrogens (tertiary/aromatic N) is 1. The summed E-state index contributed by atoms with van der Waals surface area (Å²) in [5.74, 6) is 0. The molecule has 1 nitrogen and oxygen atoms in total. The maximum absolute atomic E-state index is 12.8. The van der Waals surface area contributed by atoms with Gasteiger partial charge in [-0.2, -0.15) is 13.2 Å². The molecule has 4 heteroatoms. The number of hydrogen-bond donors (Lipinski definition) is 0. The van der Waals surface area contributed by atoms with E-state index in [4.69, 9.17) is 0 Å². The minimum Gasteiger partial charge on any atom is -0.300 e. The minimum absolute atomic E-state index is 0.234. The zero-order valence-corrected chi connectivity index (χ0v) is 15.6. The third-order valence-corrected chi connectivity index (χ3v) is 5.17. The van der Waals surface area contributed by atoms with Crippen molar-refractivity contribution in [1.29, 1.82) is 0 Å². The second kappa shape index (κ2) is 8.13. The van der Waals surface area contributed by atoms with Gasteiger partial charge < -0.3 is 0 Å². The molecule has 0 bridgehead atoms. The first-order valence-corrected chi connectivity index (χ1v) is 9.20. The van der Waals surface area contributed by atoms with E-state index in [2.05, 4.69) is 49.2 Å². The molecule has 3 aromatic rings. The van der Waals surface area contributed by atoms with Crippen LogP contribution >= 0.6 is 0 Å². The lowest BCUT2D eigenvalue weighted by Gasteiger charge is -2.26. The average molecular weight is 371 g/mol. The molecule has 0 radical (unpaired) electrons. The lowest BCUT2D eigenvalue weighted by atomic mass is 9.98. The van der Waals surface area contributed by atoms with Gasteiger partial charge in [0.25, 0.3) is 0 Å². The molecule has 0 aliphatic rings. The fraction of sp³-hybridized carbons (Fsp3) is 0.304. The number of fused-ring (bicyclic) bond motifs is 1. The molecular formula is C23H24F3N. The van der Waals surface area contributed by atoms with Gasteiger partial charge >= 0.3 is 6.18 Å². The summed E-state index contributed by atoms with van der Waals surface area (Å²) in [6, 6.07) is 20.5. The number of alkyl halides is 3. The Morgan fingerprint density at radius 3 is 2.41 bits per heavy atom. The van der Waals surface area contributed by atoms with Crippen molar-refractivity contribution < 1.29 is 13.2 Å². The largest absolute Gasteiger partial charge is 0.416 e. The molecule has 0 aliphatic carbocycles. The Hall–Kier alpha value is -2.33. The van der Waals surface area contributed by atoms with Gasteiger partial charge in [0.05, 0.1) is 5.56 Å². The van der Waals surface area contributed by atoms with Crippen LogP contribution in [0.4, 0.5) is 13.2 Å². The van der Waals surface area contributed by atoms with Gasteiger partial charge in [0.1, 0.15) is 0 Å². The second-order valence-electron chi connectivity index (χ2n) is 7.03. The van der Waals surface area contributed by atoms with Crippen molar-refractivity contribution in [2.24, 2.45) is 0 Å². The quantitative estimate of drug-likeness (QED) is 0.479. The zero-order valence-electron chi connectivity index (χ0n) is 15.6. The van der Waals surface area contributed by atoms with Crippen molar-refractivity contribution >= 4 is 10.8 Å². The Morgan fingerprint density at radius 2 is 1.63 bits per heavy atom. The lowest BCUT2D eigenvalue weighted by molar-refractivity contribution is -0.137. The predicted molar refractivity (Wildman–Crippen MR) is 105 cm³/mol. The minimum atomic E-state index is -4.28. The molecule has 0 saturated heterocycles. The first kappa shape index (κ1) is 19.4. The highest BCUT2D eigenvalue weighted by Crippen LogP contribution is 2.30. The number of benzene rings is 3. The summed E-state index contributed by atoms with van der Waals surface area (Å²) in [6.45, 7) is 2.99. The maximum atomic E-state index is 12.8. The van der Waals surface area contributed by atoms with Gasteiger partial charge in [0.2, 0.25) is 0 Å². The summed E-state index contributed by atoms with van der Waals surface area (Å²) in [4.78, 5) is 2.26. The van der Waals surface area contributed by atoms with Crippen molar-refractivity contribution in [1.82, 2.24) is 4.90 Å². The van der Waals surface area contributed by atoms with Crippen LogP contribution in [0.2, 0.25) is 0 Å². The van der Waals surface area contributed by atoms with Crippen LogP contribution in [0.25, 0.3) is 10.8 Å². The summed E-state index contributed by atoms with van der Waals surface area (Å²) >= 11 is 0. The topological polar surface area (TPSA) is 3.24 Å². The smallest absolute Gasteiger partial charge is 0.300 e. The van der Waals surface area contributed by atoms with Gasteiger partial charge in [-0.15, -0.1) is 0 Å². The van der Waals surface area contributed by atoms with Gasteiger partial charge in [0, 0.05) is 6.04 Å². The fourth-order valence-electron chi connectivity index (χ4n) is 3.48. The van der Waals surface area contributed by atoms with E-state index in [0.717, 1.165) is 24.6 Å². The molecule has 0 spiro atoms. The third-order valence-electron chi connectivity index (χ3n) is 5.17. The second-order valence-corrected chi connectivity index (χ2v) is 7.03. The molecule has 142 valence electrons. The highest BCUT2D eigenvalue weighted by molar-refractivity contribution is 5.86. The average Bonchev–Trinajstić information content (AvgIpc) is 2.66. The Kier molecular flexibility index (Phi) is 5.85. The highest BCUT2D eigenvalue weighted by Gasteiger charge is 2.30. The summed E-state index contributed by atoms with van der Waals surface area (Å²) < 4.78 is 38.5. The van der Waals surface area contributed by atoms with E-state index in [0.29, 0.717) is 6.42 Å². The van der Waals surface area contributed by atoms with Crippen LogP contribution in [-0.4, -0.2) is 18.5 Å². The SMILES string of the molecule is CC(c1cccc2ccccc12)N(C)CCCc1cccc(C(F)(F)F)c1. The Bertz CT molecular complexity index is 896. The van der Waals surface area contributed by atoms with Crippen molar-refractivity contribution in [3.63, 3.8) is 0 Å². The summed E-state index contributed by atoms with van der Waals surface area (Å²) in [6.07, 6.45) is -2.83. The molecule has 0 aromatic heterocycles. The molecule has 0 saturated carbocycles. The van der Waals surface area contributed by atoms with Crippen LogP contribution in [0.15, 0.2) is 66.7 Å². The molecule has 3 aromatic carbocycles. The number of hydrogen-bond acceptors (Lipinski definition) is 1. The predicted octanol–water partition coefficient (Wildman–Crippen LogP) is 6.48. The maximum Gasteiger partial charge on any atom is 0.416 e. The van der Waals surface area contributed by atoms with E-state index in [1.165, 1.54) is 28.5 Å². The lowest BCUT2D eigenvalue weighted by Crippen LogP contribution is -2.24. The number of aryl methyl sites for hydroxylation is 1. The van der Waals surface area contributed by atoms with E-state index < -0.39 is 11.7 Å². The Morgan fingerprint density at radius 1 is 0.926 bits per heavy atom. The van der Waals surface area contributed by atoms with Gasteiger partial charge in [0.15, 0.2) is 0 Å². The monoisotopic (exact) mass is 371 g/mol. The van der Waals surface area contributed by atoms with E-state index >= 15 is 0 Å². The van der Waals surface area contributed by atoms with E-state index in [1.807, 2.05) is 12.1 Å². The van der Waals surface area contributed by atoms with E-state index in [-0.39, 0.29) is 6.04 Å². The molecule has 27 heavy (non-hydrogen) atoms. The molecule has 0 aliphatic heterocycles.